The number of thiazole rings is 1. The van der Waals surface area contributed by atoms with Crippen LogP contribution < -0.4 is 15.0 Å². The molecule has 9 heteroatoms. The van der Waals surface area contributed by atoms with Gasteiger partial charge < -0.3 is 15.0 Å². The molecule has 0 atom stereocenters. The number of hydrogen-bond donors (Lipinski definition) is 1. The standard InChI is InChI=1S/C23H21N5O2S2/c1-30-18-8-4-7-17(11-18)26-19(29)13-31-22-20-21(24-14-25-22)27-23(32-20)28-10-9-15-5-2-3-6-16(15)12-28/h2-8,11,14H,9-10,12-13H2,1H3,(H,26,29). The summed E-state index contributed by atoms with van der Waals surface area (Å²) >= 11 is 2.98. The van der Waals surface area contributed by atoms with Gasteiger partial charge in [-0.15, -0.1) is 0 Å². The Morgan fingerprint density at radius 3 is 2.94 bits per heavy atom. The van der Waals surface area contributed by atoms with E-state index in [2.05, 4.69) is 44.5 Å². The Bertz CT molecular complexity index is 1280. The van der Waals surface area contributed by atoms with Crippen LogP contribution in [0.1, 0.15) is 11.1 Å². The zero-order chi connectivity index (χ0) is 21.9. The molecule has 0 unspecified atom stereocenters. The highest BCUT2D eigenvalue weighted by atomic mass is 32.2. The van der Waals surface area contributed by atoms with E-state index in [-0.39, 0.29) is 11.7 Å². The van der Waals surface area contributed by atoms with Crippen molar-refractivity contribution in [2.24, 2.45) is 0 Å². The molecule has 0 saturated carbocycles. The molecule has 2 aromatic carbocycles. The molecule has 0 radical (unpaired) electrons. The van der Waals surface area contributed by atoms with E-state index in [9.17, 15) is 4.79 Å². The van der Waals surface area contributed by atoms with Gasteiger partial charge in [-0.1, -0.05) is 53.4 Å². The minimum atomic E-state index is -0.104. The second kappa shape index (κ2) is 9.13. The topological polar surface area (TPSA) is 80.2 Å². The number of methoxy groups -OCH3 is 1. The van der Waals surface area contributed by atoms with E-state index < -0.39 is 0 Å². The molecular formula is C23H21N5O2S2. The number of anilines is 2. The van der Waals surface area contributed by atoms with Crippen LogP contribution in [0.4, 0.5) is 10.8 Å². The molecule has 1 aliphatic heterocycles. The van der Waals surface area contributed by atoms with Gasteiger partial charge in [-0.2, -0.15) is 4.98 Å². The van der Waals surface area contributed by atoms with Gasteiger partial charge in [-0.25, -0.2) is 9.97 Å². The number of carbonyl (C=O) groups excluding carboxylic acids is 1. The minimum absolute atomic E-state index is 0.104. The number of nitrogens with one attached hydrogen (secondary N) is 1. The van der Waals surface area contributed by atoms with E-state index in [0.717, 1.165) is 34.4 Å². The van der Waals surface area contributed by atoms with Crippen LogP contribution in [0.5, 0.6) is 5.75 Å². The highest BCUT2D eigenvalue weighted by Gasteiger charge is 2.21. The summed E-state index contributed by atoms with van der Waals surface area (Å²) in [7, 11) is 1.60. The summed E-state index contributed by atoms with van der Waals surface area (Å²) in [5, 5.41) is 4.61. The fourth-order valence-corrected chi connectivity index (χ4v) is 5.57. The molecule has 32 heavy (non-hydrogen) atoms. The first-order valence-corrected chi connectivity index (χ1v) is 12.0. The average Bonchev–Trinajstić information content (AvgIpc) is 3.27. The van der Waals surface area contributed by atoms with Crippen molar-refractivity contribution < 1.29 is 9.53 Å². The van der Waals surface area contributed by atoms with Gasteiger partial charge in [0.1, 0.15) is 21.8 Å². The Morgan fingerprint density at radius 2 is 2.06 bits per heavy atom. The first-order chi connectivity index (χ1) is 15.7. The van der Waals surface area contributed by atoms with Gasteiger partial charge in [0.25, 0.3) is 0 Å². The zero-order valence-corrected chi connectivity index (χ0v) is 19.1. The van der Waals surface area contributed by atoms with Gasteiger partial charge in [-0.05, 0) is 29.7 Å². The van der Waals surface area contributed by atoms with E-state index in [1.54, 1.807) is 24.5 Å². The number of hydrogen-bond acceptors (Lipinski definition) is 8. The minimum Gasteiger partial charge on any atom is -0.497 e. The predicted molar refractivity (Wildman–Crippen MR) is 129 cm³/mol. The molecule has 5 rings (SSSR count). The van der Waals surface area contributed by atoms with Gasteiger partial charge in [0.2, 0.25) is 5.91 Å². The molecule has 3 heterocycles. The van der Waals surface area contributed by atoms with Crippen molar-refractivity contribution in [2.45, 2.75) is 18.0 Å². The number of aromatic nitrogens is 3. The first kappa shape index (κ1) is 20.7. The summed E-state index contributed by atoms with van der Waals surface area (Å²) in [6.07, 6.45) is 2.52. The third kappa shape index (κ3) is 4.39. The van der Waals surface area contributed by atoms with E-state index >= 15 is 0 Å². The molecule has 0 spiro atoms. The van der Waals surface area contributed by atoms with Crippen molar-refractivity contribution in [3.8, 4) is 5.75 Å². The van der Waals surface area contributed by atoms with Crippen molar-refractivity contribution in [1.29, 1.82) is 0 Å². The summed E-state index contributed by atoms with van der Waals surface area (Å²) in [6, 6.07) is 15.8. The number of nitrogens with zero attached hydrogens (tertiary/aromatic N) is 4. The first-order valence-electron chi connectivity index (χ1n) is 10.2. The molecule has 0 fully saturated rings. The molecule has 0 bridgehead atoms. The summed E-state index contributed by atoms with van der Waals surface area (Å²) in [6.45, 7) is 1.77. The van der Waals surface area contributed by atoms with Crippen LogP contribution in [0.25, 0.3) is 10.3 Å². The van der Waals surface area contributed by atoms with Gasteiger partial charge in [0.05, 0.1) is 12.9 Å². The Hall–Kier alpha value is -3.17. The van der Waals surface area contributed by atoms with Gasteiger partial charge in [0, 0.05) is 24.8 Å². The lowest BCUT2D eigenvalue weighted by atomic mass is 10.0. The normalized spacial score (nSPS) is 13.1. The van der Waals surface area contributed by atoms with Crippen molar-refractivity contribution in [3.05, 3.63) is 66.0 Å². The molecule has 7 nitrogen and oxygen atoms in total. The summed E-state index contributed by atoms with van der Waals surface area (Å²) in [4.78, 5) is 28.3. The largest absolute Gasteiger partial charge is 0.497 e. The van der Waals surface area contributed by atoms with Crippen molar-refractivity contribution in [1.82, 2.24) is 15.0 Å². The monoisotopic (exact) mass is 463 g/mol. The van der Waals surface area contributed by atoms with Gasteiger partial charge in [0.15, 0.2) is 10.8 Å². The van der Waals surface area contributed by atoms with E-state index in [0.29, 0.717) is 17.1 Å². The van der Waals surface area contributed by atoms with Gasteiger partial charge >= 0.3 is 0 Å². The van der Waals surface area contributed by atoms with Crippen LogP contribution in [0.15, 0.2) is 59.9 Å². The lowest BCUT2D eigenvalue weighted by Gasteiger charge is -2.28. The number of rotatable bonds is 6. The van der Waals surface area contributed by atoms with E-state index in [1.165, 1.54) is 29.2 Å². The maximum absolute atomic E-state index is 12.5. The third-order valence-electron chi connectivity index (χ3n) is 5.24. The maximum Gasteiger partial charge on any atom is 0.234 e. The van der Waals surface area contributed by atoms with Crippen LogP contribution in [0.2, 0.25) is 0 Å². The van der Waals surface area contributed by atoms with Crippen molar-refractivity contribution in [2.75, 3.05) is 29.6 Å². The Morgan fingerprint density at radius 1 is 1.19 bits per heavy atom. The summed E-state index contributed by atoms with van der Waals surface area (Å²) < 4.78 is 6.12. The Labute approximate surface area is 193 Å². The Balaban J connectivity index is 1.29. The predicted octanol–water partition coefficient (Wildman–Crippen LogP) is 4.39. The lowest BCUT2D eigenvalue weighted by molar-refractivity contribution is -0.113. The second-order valence-corrected chi connectivity index (χ2v) is 9.28. The smallest absolute Gasteiger partial charge is 0.234 e. The molecule has 2 aromatic heterocycles. The van der Waals surface area contributed by atoms with Crippen molar-refractivity contribution in [3.63, 3.8) is 0 Å². The average molecular weight is 464 g/mol. The molecule has 162 valence electrons. The van der Waals surface area contributed by atoms with E-state index in [4.69, 9.17) is 9.72 Å². The second-order valence-electron chi connectivity index (χ2n) is 7.34. The SMILES string of the molecule is COc1cccc(NC(=O)CSc2ncnc3nc(N4CCc5ccccc5C4)sc23)c1. The fourth-order valence-electron chi connectivity index (χ4n) is 3.65. The molecule has 1 aliphatic rings. The number of thioether (sulfide) groups is 1. The quantitative estimate of drug-likeness (QED) is 0.336. The number of benzene rings is 2. The molecule has 4 aromatic rings. The molecule has 0 saturated heterocycles. The van der Waals surface area contributed by atoms with Gasteiger partial charge in [-0.3, -0.25) is 4.79 Å². The summed E-state index contributed by atoms with van der Waals surface area (Å²) in [5.41, 5.74) is 4.12. The number of ether oxygens (including phenoxy) is 1. The van der Waals surface area contributed by atoms with E-state index in [1.807, 2.05) is 18.2 Å². The zero-order valence-electron chi connectivity index (χ0n) is 17.4. The molecule has 1 amide bonds. The fraction of sp³-hybridized carbons (Fsp3) is 0.217. The summed E-state index contributed by atoms with van der Waals surface area (Å²) in [5.74, 6) is 0.839. The highest BCUT2D eigenvalue weighted by Crippen LogP contribution is 2.35. The maximum atomic E-state index is 12.5. The van der Waals surface area contributed by atoms with Crippen molar-refractivity contribution >= 4 is 50.2 Å². The third-order valence-corrected chi connectivity index (χ3v) is 7.47. The number of amides is 1. The molecule has 1 N–H and O–H groups in total. The number of fused-ring (bicyclic) bond motifs is 2. The number of carbonyl (C=O) groups is 1. The lowest BCUT2D eigenvalue weighted by Crippen LogP contribution is -2.30. The van der Waals surface area contributed by atoms with Crippen LogP contribution in [0.3, 0.4) is 0 Å². The molecular weight excluding hydrogens is 442 g/mol. The van der Waals surface area contributed by atoms with Crippen LogP contribution in [0, 0.1) is 0 Å². The highest BCUT2D eigenvalue weighted by molar-refractivity contribution is 8.00. The van der Waals surface area contributed by atoms with Crippen LogP contribution in [-0.2, 0) is 17.8 Å². The Kier molecular flexibility index (Phi) is 5.91. The van der Waals surface area contributed by atoms with Crippen LogP contribution >= 0.6 is 23.1 Å². The van der Waals surface area contributed by atoms with Crippen LogP contribution in [-0.4, -0.2) is 40.3 Å². The molecule has 0 aliphatic carbocycles.